The number of hydrogen-bond acceptors (Lipinski definition) is 3. The lowest BCUT2D eigenvalue weighted by Gasteiger charge is -2.34. The molecule has 0 N–H and O–H groups in total. The summed E-state index contributed by atoms with van der Waals surface area (Å²) in [6, 6.07) is 0. The van der Waals surface area contributed by atoms with Gasteiger partial charge in [-0.2, -0.15) is 5.10 Å². The highest BCUT2D eigenvalue weighted by Gasteiger charge is 2.31. The van der Waals surface area contributed by atoms with E-state index in [9.17, 15) is 4.79 Å². The summed E-state index contributed by atoms with van der Waals surface area (Å²) < 4.78 is 8.27. The molecule has 0 saturated heterocycles. The van der Waals surface area contributed by atoms with Gasteiger partial charge in [-0.3, -0.25) is 9.48 Å². The summed E-state index contributed by atoms with van der Waals surface area (Å²) in [7, 11) is 1.88. The largest absolute Gasteiger partial charge is 0.378 e. The molecule has 0 spiro atoms. The van der Waals surface area contributed by atoms with E-state index in [1.165, 1.54) is 0 Å². The molecule has 5 heteroatoms. The van der Waals surface area contributed by atoms with Gasteiger partial charge in [-0.05, 0) is 48.5 Å². The molecule has 19 heavy (non-hydrogen) atoms. The average molecular weight is 329 g/mol. The second-order valence-electron chi connectivity index (χ2n) is 5.30. The van der Waals surface area contributed by atoms with Crippen LogP contribution in [0.3, 0.4) is 0 Å². The molecule has 0 radical (unpaired) electrons. The zero-order valence-electron chi connectivity index (χ0n) is 11.8. The van der Waals surface area contributed by atoms with Crippen LogP contribution in [0.5, 0.6) is 0 Å². The molecule has 0 amide bonds. The quantitative estimate of drug-likeness (QED) is 0.806. The SMILES string of the molecule is CCOC1CC(CC(=O)Cc2c(Br)c(C)nn2C)C1. The van der Waals surface area contributed by atoms with Gasteiger partial charge >= 0.3 is 0 Å². The second-order valence-corrected chi connectivity index (χ2v) is 6.10. The zero-order valence-corrected chi connectivity index (χ0v) is 13.4. The fourth-order valence-electron chi connectivity index (χ4n) is 2.67. The fraction of sp³-hybridized carbons (Fsp3) is 0.714. The molecule has 1 saturated carbocycles. The third kappa shape index (κ3) is 3.45. The van der Waals surface area contributed by atoms with Crippen molar-refractivity contribution in [3.63, 3.8) is 0 Å². The zero-order chi connectivity index (χ0) is 14.0. The molecule has 1 aliphatic rings. The molecule has 0 aromatic carbocycles. The Morgan fingerprint density at radius 3 is 2.74 bits per heavy atom. The van der Waals surface area contributed by atoms with E-state index in [1.807, 2.05) is 20.9 Å². The Hall–Kier alpha value is -0.680. The van der Waals surface area contributed by atoms with Crippen LogP contribution in [0.4, 0.5) is 0 Å². The van der Waals surface area contributed by atoms with Crippen molar-refractivity contribution >= 4 is 21.7 Å². The number of Topliss-reactive ketones (excluding diaryl/α,β-unsaturated/α-hetero) is 1. The molecule has 0 atom stereocenters. The van der Waals surface area contributed by atoms with E-state index < -0.39 is 0 Å². The van der Waals surface area contributed by atoms with Crippen LogP contribution in [0.2, 0.25) is 0 Å². The normalized spacial score (nSPS) is 22.3. The molecule has 0 unspecified atom stereocenters. The number of ketones is 1. The van der Waals surface area contributed by atoms with Gasteiger partial charge in [0.25, 0.3) is 0 Å². The van der Waals surface area contributed by atoms with Gasteiger partial charge in [0, 0.05) is 26.5 Å². The standard InChI is InChI=1S/C14H21BrN2O2/c1-4-19-12-6-10(7-12)5-11(18)8-13-14(15)9(2)16-17(13)3/h10,12H,4-8H2,1-3H3. The van der Waals surface area contributed by atoms with Crippen LogP contribution in [0.15, 0.2) is 4.47 Å². The Morgan fingerprint density at radius 1 is 1.53 bits per heavy atom. The monoisotopic (exact) mass is 328 g/mol. The lowest BCUT2D eigenvalue weighted by Crippen LogP contribution is -2.33. The first-order valence-electron chi connectivity index (χ1n) is 6.82. The molecule has 1 aromatic rings. The predicted octanol–water partition coefficient (Wildman–Crippen LogP) is 2.81. The smallest absolute Gasteiger partial charge is 0.139 e. The third-order valence-electron chi connectivity index (χ3n) is 3.74. The Morgan fingerprint density at radius 2 is 2.21 bits per heavy atom. The first-order chi connectivity index (χ1) is 9.01. The van der Waals surface area contributed by atoms with E-state index >= 15 is 0 Å². The van der Waals surface area contributed by atoms with Gasteiger partial charge in [-0.15, -0.1) is 0 Å². The third-order valence-corrected chi connectivity index (χ3v) is 4.77. The summed E-state index contributed by atoms with van der Waals surface area (Å²) >= 11 is 3.50. The number of hydrogen-bond donors (Lipinski definition) is 0. The van der Waals surface area contributed by atoms with Crippen molar-refractivity contribution in [2.24, 2.45) is 13.0 Å². The van der Waals surface area contributed by atoms with Crippen LogP contribution in [0, 0.1) is 12.8 Å². The van der Waals surface area contributed by atoms with E-state index in [4.69, 9.17) is 4.74 Å². The Kier molecular flexibility index (Phi) is 4.79. The van der Waals surface area contributed by atoms with Crippen molar-refractivity contribution in [1.82, 2.24) is 9.78 Å². The average Bonchev–Trinajstić information content (AvgIpc) is 2.53. The predicted molar refractivity (Wildman–Crippen MR) is 77.1 cm³/mol. The van der Waals surface area contributed by atoms with Crippen LogP contribution >= 0.6 is 15.9 Å². The summed E-state index contributed by atoms with van der Waals surface area (Å²) in [6.45, 7) is 4.73. The van der Waals surface area contributed by atoms with Gasteiger partial charge in [0.15, 0.2) is 0 Å². The van der Waals surface area contributed by atoms with Crippen molar-refractivity contribution in [2.75, 3.05) is 6.61 Å². The Labute approximate surface area is 122 Å². The molecule has 1 heterocycles. The van der Waals surface area contributed by atoms with E-state index in [0.29, 0.717) is 30.6 Å². The molecule has 1 aromatic heterocycles. The summed E-state index contributed by atoms with van der Waals surface area (Å²) in [5.41, 5.74) is 1.91. The summed E-state index contributed by atoms with van der Waals surface area (Å²) in [5.74, 6) is 0.806. The number of halogens is 1. The summed E-state index contributed by atoms with van der Waals surface area (Å²) in [6.07, 6.45) is 3.58. The number of nitrogens with zero attached hydrogens (tertiary/aromatic N) is 2. The van der Waals surface area contributed by atoms with Gasteiger partial charge in [0.05, 0.1) is 22.0 Å². The van der Waals surface area contributed by atoms with E-state index in [-0.39, 0.29) is 0 Å². The molecular formula is C14H21BrN2O2. The van der Waals surface area contributed by atoms with Gasteiger partial charge in [0.2, 0.25) is 0 Å². The minimum atomic E-state index is 0.295. The minimum absolute atomic E-state index is 0.295. The van der Waals surface area contributed by atoms with Crippen molar-refractivity contribution in [3.8, 4) is 0 Å². The molecule has 4 nitrogen and oxygen atoms in total. The van der Waals surface area contributed by atoms with Crippen molar-refractivity contribution < 1.29 is 9.53 Å². The highest BCUT2D eigenvalue weighted by atomic mass is 79.9. The minimum Gasteiger partial charge on any atom is -0.378 e. The number of rotatable bonds is 6. The molecule has 0 bridgehead atoms. The Balaban J connectivity index is 1.82. The maximum absolute atomic E-state index is 12.1. The molecule has 1 fully saturated rings. The number of carbonyl (C=O) groups excluding carboxylic acids is 1. The summed E-state index contributed by atoms with van der Waals surface area (Å²) in [4.78, 5) is 12.1. The second kappa shape index (κ2) is 6.18. The van der Waals surface area contributed by atoms with Crippen LogP contribution < -0.4 is 0 Å². The van der Waals surface area contributed by atoms with Gasteiger partial charge in [-0.1, -0.05) is 0 Å². The molecule has 0 aliphatic heterocycles. The maximum atomic E-state index is 12.1. The number of carbonyl (C=O) groups is 1. The van der Waals surface area contributed by atoms with Gasteiger partial charge in [-0.25, -0.2) is 0 Å². The number of aromatic nitrogens is 2. The number of ether oxygens (including phenoxy) is 1. The molecule has 2 rings (SSSR count). The molecular weight excluding hydrogens is 308 g/mol. The highest BCUT2D eigenvalue weighted by molar-refractivity contribution is 9.10. The molecule has 106 valence electrons. The van der Waals surface area contributed by atoms with E-state index in [2.05, 4.69) is 21.0 Å². The maximum Gasteiger partial charge on any atom is 0.139 e. The topological polar surface area (TPSA) is 44.1 Å². The summed E-state index contributed by atoms with van der Waals surface area (Å²) in [5, 5.41) is 4.31. The van der Waals surface area contributed by atoms with Crippen LogP contribution in [-0.2, 0) is 23.0 Å². The van der Waals surface area contributed by atoms with E-state index in [0.717, 1.165) is 35.3 Å². The Bertz CT molecular complexity index is 464. The first kappa shape index (κ1) is 14.7. The van der Waals surface area contributed by atoms with Crippen molar-refractivity contribution in [2.45, 2.75) is 45.6 Å². The fourth-order valence-corrected chi connectivity index (χ4v) is 3.14. The van der Waals surface area contributed by atoms with Crippen LogP contribution in [0.1, 0.15) is 37.6 Å². The lowest BCUT2D eigenvalue weighted by molar-refractivity contribution is -0.121. The van der Waals surface area contributed by atoms with Crippen LogP contribution in [-0.4, -0.2) is 28.3 Å². The van der Waals surface area contributed by atoms with Crippen LogP contribution in [0.25, 0.3) is 0 Å². The van der Waals surface area contributed by atoms with E-state index in [1.54, 1.807) is 4.68 Å². The van der Waals surface area contributed by atoms with Gasteiger partial charge < -0.3 is 4.74 Å². The molecule has 1 aliphatic carbocycles. The van der Waals surface area contributed by atoms with Gasteiger partial charge in [0.1, 0.15) is 5.78 Å². The first-order valence-corrected chi connectivity index (χ1v) is 7.61. The van der Waals surface area contributed by atoms with Crippen molar-refractivity contribution in [3.05, 3.63) is 15.9 Å². The van der Waals surface area contributed by atoms with Crippen molar-refractivity contribution in [1.29, 1.82) is 0 Å². The highest BCUT2D eigenvalue weighted by Crippen LogP contribution is 2.33. The lowest BCUT2D eigenvalue weighted by atomic mass is 9.78. The number of aryl methyl sites for hydroxylation is 2.